The Morgan fingerprint density at radius 2 is 1.82 bits per heavy atom. The van der Waals surface area contributed by atoms with Crippen LogP contribution in [0.5, 0.6) is 5.75 Å². The van der Waals surface area contributed by atoms with Crippen LogP contribution in [0.4, 0.5) is 11.4 Å². The Labute approximate surface area is 238 Å². The van der Waals surface area contributed by atoms with E-state index in [0.717, 1.165) is 40.3 Å². The van der Waals surface area contributed by atoms with Gasteiger partial charge in [-0.15, -0.1) is 0 Å². The van der Waals surface area contributed by atoms with Gasteiger partial charge in [0.15, 0.2) is 5.11 Å². The third-order valence-electron chi connectivity index (χ3n) is 6.74. The lowest BCUT2D eigenvalue weighted by molar-refractivity contribution is 0.417. The fourth-order valence-electron chi connectivity index (χ4n) is 5.15. The summed E-state index contributed by atoms with van der Waals surface area (Å²) in [6.45, 7) is 4.12. The van der Waals surface area contributed by atoms with Gasteiger partial charge >= 0.3 is 0 Å². The Morgan fingerprint density at radius 3 is 2.49 bits per heavy atom. The van der Waals surface area contributed by atoms with Gasteiger partial charge in [0.05, 0.1) is 47.5 Å². The molecule has 0 bridgehead atoms. The molecule has 1 fully saturated rings. The number of ether oxygens (including phenoxy) is 1. The number of benzene rings is 2. The first-order valence-corrected chi connectivity index (χ1v) is 14.9. The van der Waals surface area contributed by atoms with E-state index in [0.29, 0.717) is 21.6 Å². The predicted molar refractivity (Wildman–Crippen MR) is 160 cm³/mol. The number of aryl methyl sites for hydroxylation is 1. The van der Waals surface area contributed by atoms with Crippen molar-refractivity contribution in [1.82, 2.24) is 14.9 Å². The SMILES string of the molecule is COc1cc(N2C(=S)N[C@H](c3ccccn3)[C@H]2c2cc(C)n(-c3ccccc3Cl)c2C)ccc1NS(C)(=O)=O. The molecule has 1 aliphatic heterocycles. The van der Waals surface area contributed by atoms with Gasteiger partial charge in [0.1, 0.15) is 5.75 Å². The molecule has 39 heavy (non-hydrogen) atoms. The molecule has 1 aliphatic rings. The lowest BCUT2D eigenvalue weighted by Crippen LogP contribution is -2.29. The lowest BCUT2D eigenvalue weighted by Gasteiger charge is -2.29. The molecule has 2 aromatic carbocycles. The summed E-state index contributed by atoms with van der Waals surface area (Å²) in [5, 5.41) is 4.64. The normalized spacial score (nSPS) is 17.3. The molecular weight excluding hydrogens is 554 g/mol. The second-order valence-corrected chi connectivity index (χ2v) is 11.9. The topological polar surface area (TPSA) is 88.5 Å². The van der Waals surface area contributed by atoms with Crippen molar-refractivity contribution < 1.29 is 13.2 Å². The Morgan fingerprint density at radius 1 is 1.08 bits per heavy atom. The van der Waals surface area contributed by atoms with Crippen molar-refractivity contribution in [2.24, 2.45) is 0 Å². The third-order valence-corrected chi connectivity index (χ3v) is 7.96. The number of hydrogen-bond donors (Lipinski definition) is 2. The van der Waals surface area contributed by atoms with E-state index in [1.165, 1.54) is 7.11 Å². The van der Waals surface area contributed by atoms with Crippen molar-refractivity contribution in [3.8, 4) is 11.4 Å². The first-order valence-electron chi connectivity index (χ1n) is 12.2. The highest BCUT2D eigenvalue weighted by molar-refractivity contribution is 7.92. The van der Waals surface area contributed by atoms with Crippen LogP contribution in [0.1, 0.15) is 34.7 Å². The number of thiocarbonyl (C=S) groups is 1. The van der Waals surface area contributed by atoms with Crippen LogP contribution < -0.4 is 19.7 Å². The van der Waals surface area contributed by atoms with Gasteiger partial charge in [0.2, 0.25) is 10.0 Å². The highest BCUT2D eigenvalue weighted by atomic mass is 35.5. The maximum absolute atomic E-state index is 11.9. The number of halogens is 1. The maximum Gasteiger partial charge on any atom is 0.229 e. The summed E-state index contributed by atoms with van der Waals surface area (Å²) in [6, 6.07) is 20.5. The lowest BCUT2D eigenvalue weighted by atomic mass is 9.96. The third kappa shape index (κ3) is 5.19. The van der Waals surface area contributed by atoms with E-state index < -0.39 is 10.0 Å². The van der Waals surface area contributed by atoms with E-state index >= 15 is 0 Å². The molecule has 2 aromatic heterocycles. The van der Waals surface area contributed by atoms with Crippen LogP contribution in [0.25, 0.3) is 5.69 Å². The number of para-hydroxylation sites is 1. The minimum Gasteiger partial charge on any atom is -0.494 e. The summed E-state index contributed by atoms with van der Waals surface area (Å²) < 4.78 is 34.0. The minimum atomic E-state index is -3.49. The van der Waals surface area contributed by atoms with Crippen molar-refractivity contribution in [3.63, 3.8) is 0 Å². The zero-order chi connectivity index (χ0) is 27.9. The molecule has 1 saturated heterocycles. The number of aromatic nitrogens is 2. The summed E-state index contributed by atoms with van der Waals surface area (Å²) in [4.78, 5) is 6.67. The molecule has 2 N–H and O–H groups in total. The van der Waals surface area contributed by atoms with Crippen molar-refractivity contribution in [1.29, 1.82) is 0 Å². The van der Waals surface area contributed by atoms with Crippen LogP contribution in [-0.2, 0) is 10.0 Å². The van der Waals surface area contributed by atoms with E-state index in [9.17, 15) is 8.42 Å². The second kappa shape index (κ2) is 10.5. The fraction of sp³-hybridized carbons (Fsp3) is 0.214. The maximum atomic E-state index is 11.9. The predicted octanol–water partition coefficient (Wildman–Crippen LogP) is 5.70. The van der Waals surface area contributed by atoms with Crippen LogP contribution in [0.2, 0.25) is 5.02 Å². The van der Waals surface area contributed by atoms with Gasteiger partial charge in [-0.1, -0.05) is 29.8 Å². The van der Waals surface area contributed by atoms with Gasteiger partial charge in [-0.05, 0) is 74.1 Å². The van der Waals surface area contributed by atoms with Crippen molar-refractivity contribution >= 4 is 50.3 Å². The molecule has 11 heteroatoms. The molecule has 2 atom stereocenters. The average molecular weight is 582 g/mol. The molecule has 0 amide bonds. The van der Waals surface area contributed by atoms with E-state index in [-0.39, 0.29) is 12.1 Å². The standard InChI is InChI=1S/C28H28ClN5O3S2/c1-17-15-20(18(2)33(17)24-11-6-5-9-21(24)29)27-26(23-10-7-8-14-30-23)31-28(38)34(27)19-12-13-22(25(16-19)37-3)32-39(4,35)36/h5-16,26-27,32H,1-4H3,(H,31,38)/t26-,27-/m1/s1. The van der Waals surface area contributed by atoms with E-state index in [1.807, 2.05) is 53.4 Å². The molecule has 5 rings (SSSR count). The van der Waals surface area contributed by atoms with Gasteiger partial charge in [-0.25, -0.2) is 8.42 Å². The number of anilines is 2. The highest BCUT2D eigenvalue weighted by Crippen LogP contribution is 2.45. The van der Waals surface area contributed by atoms with E-state index in [4.69, 9.17) is 28.6 Å². The summed E-state index contributed by atoms with van der Waals surface area (Å²) in [5.41, 5.74) is 5.92. The van der Waals surface area contributed by atoms with Gasteiger partial charge in [-0.3, -0.25) is 9.71 Å². The number of rotatable bonds is 7. The van der Waals surface area contributed by atoms with Crippen LogP contribution in [0.3, 0.4) is 0 Å². The molecule has 3 heterocycles. The molecule has 0 aliphatic carbocycles. The fourth-order valence-corrected chi connectivity index (χ4v) is 6.29. The monoisotopic (exact) mass is 581 g/mol. The zero-order valence-electron chi connectivity index (χ0n) is 21.8. The van der Waals surface area contributed by atoms with Crippen molar-refractivity contribution in [2.75, 3.05) is 23.0 Å². The molecule has 4 aromatic rings. The number of pyridine rings is 1. The number of methoxy groups -OCH3 is 1. The summed E-state index contributed by atoms with van der Waals surface area (Å²) >= 11 is 12.5. The molecule has 8 nitrogen and oxygen atoms in total. The number of hydrogen-bond acceptors (Lipinski definition) is 5. The average Bonchev–Trinajstić information content (AvgIpc) is 3.39. The summed E-state index contributed by atoms with van der Waals surface area (Å²) in [7, 11) is -1.99. The summed E-state index contributed by atoms with van der Waals surface area (Å²) in [5.74, 6) is 0.377. The largest absolute Gasteiger partial charge is 0.494 e. The Bertz CT molecular complexity index is 1660. The highest BCUT2D eigenvalue weighted by Gasteiger charge is 2.42. The van der Waals surface area contributed by atoms with Crippen LogP contribution in [-0.4, -0.2) is 36.4 Å². The molecule has 0 radical (unpaired) electrons. The van der Waals surface area contributed by atoms with Gasteiger partial charge < -0.3 is 19.5 Å². The molecule has 202 valence electrons. The van der Waals surface area contributed by atoms with Crippen LogP contribution in [0.15, 0.2) is 72.9 Å². The minimum absolute atomic E-state index is 0.251. The number of nitrogens with zero attached hydrogens (tertiary/aromatic N) is 3. The van der Waals surface area contributed by atoms with Gasteiger partial charge in [-0.2, -0.15) is 0 Å². The first-order chi connectivity index (χ1) is 18.6. The molecule has 0 unspecified atom stereocenters. The Hall–Kier alpha value is -3.60. The molecule has 0 saturated carbocycles. The molecular formula is C28H28ClN5O3S2. The van der Waals surface area contributed by atoms with E-state index in [1.54, 1.807) is 18.3 Å². The van der Waals surface area contributed by atoms with Gasteiger partial charge in [0.25, 0.3) is 0 Å². The van der Waals surface area contributed by atoms with Crippen molar-refractivity contribution in [3.05, 3.63) is 101 Å². The quantitative estimate of drug-likeness (QED) is 0.271. The van der Waals surface area contributed by atoms with Crippen LogP contribution >= 0.6 is 23.8 Å². The Kier molecular flexibility index (Phi) is 7.28. The number of sulfonamides is 1. The zero-order valence-corrected chi connectivity index (χ0v) is 24.2. The number of nitrogens with one attached hydrogen (secondary N) is 2. The molecule has 0 spiro atoms. The van der Waals surface area contributed by atoms with Crippen LogP contribution in [0, 0.1) is 13.8 Å². The Balaban J connectivity index is 1.67. The van der Waals surface area contributed by atoms with E-state index in [2.05, 4.69) is 39.5 Å². The first kappa shape index (κ1) is 27.0. The smallest absolute Gasteiger partial charge is 0.229 e. The summed E-state index contributed by atoms with van der Waals surface area (Å²) in [6.07, 6.45) is 2.86. The second-order valence-electron chi connectivity index (χ2n) is 9.37. The van der Waals surface area contributed by atoms with Gasteiger partial charge in [0, 0.05) is 29.3 Å². The van der Waals surface area contributed by atoms with Crippen molar-refractivity contribution in [2.45, 2.75) is 25.9 Å².